The SMILES string of the molecule is CSc1ccc(S(=O)(=O)Nc2ccc(C)c(C)c2)cc1C(=O)N1CCCCC1. The van der Waals surface area contributed by atoms with Crippen LogP contribution in [0.15, 0.2) is 46.2 Å². The predicted octanol–water partition coefficient (Wildman–Crippen LogP) is 4.45. The average molecular weight is 419 g/mol. The van der Waals surface area contributed by atoms with Gasteiger partial charge in [0, 0.05) is 23.7 Å². The van der Waals surface area contributed by atoms with Gasteiger partial charge < -0.3 is 4.90 Å². The van der Waals surface area contributed by atoms with Crippen LogP contribution in [0.4, 0.5) is 5.69 Å². The van der Waals surface area contributed by atoms with Crippen LogP contribution < -0.4 is 4.72 Å². The summed E-state index contributed by atoms with van der Waals surface area (Å²) in [6.45, 7) is 5.37. The number of aryl methyl sites for hydroxylation is 2. The van der Waals surface area contributed by atoms with Gasteiger partial charge in [0.15, 0.2) is 0 Å². The van der Waals surface area contributed by atoms with Gasteiger partial charge in [0.2, 0.25) is 0 Å². The van der Waals surface area contributed by atoms with Crippen molar-refractivity contribution >= 4 is 33.4 Å². The highest BCUT2D eigenvalue weighted by Gasteiger charge is 2.24. The van der Waals surface area contributed by atoms with Crippen molar-refractivity contribution in [3.8, 4) is 0 Å². The van der Waals surface area contributed by atoms with E-state index in [4.69, 9.17) is 0 Å². The summed E-state index contributed by atoms with van der Waals surface area (Å²) in [5, 5.41) is 0. The van der Waals surface area contributed by atoms with Crippen molar-refractivity contribution in [2.24, 2.45) is 0 Å². The number of rotatable bonds is 5. The maximum atomic E-state index is 13.0. The number of nitrogens with zero attached hydrogens (tertiary/aromatic N) is 1. The second kappa shape index (κ2) is 8.57. The lowest BCUT2D eigenvalue weighted by atomic mass is 10.1. The molecule has 1 saturated heterocycles. The zero-order chi connectivity index (χ0) is 20.3. The first-order valence-electron chi connectivity index (χ1n) is 9.39. The third-order valence-corrected chi connectivity index (χ3v) is 7.29. The molecule has 1 aliphatic rings. The van der Waals surface area contributed by atoms with E-state index in [0.29, 0.717) is 11.3 Å². The van der Waals surface area contributed by atoms with Crippen molar-refractivity contribution in [2.75, 3.05) is 24.1 Å². The Bertz CT molecular complexity index is 981. The molecule has 5 nitrogen and oxygen atoms in total. The van der Waals surface area contributed by atoms with E-state index in [0.717, 1.165) is 48.4 Å². The van der Waals surface area contributed by atoms with Crippen LogP contribution in [0.1, 0.15) is 40.7 Å². The molecule has 0 saturated carbocycles. The van der Waals surface area contributed by atoms with E-state index in [1.807, 2.05) is 37.1 Å². The minimum atomic E-state index is -3.78. The summed E-state index contributed by atoms with van der Waals surface area (Å²) in [4.78, 5) is 15.7. The number of anilines is 1. The van der Waals surface area contributed by atoms with Crippen molar-refractivity contribution in [2.45, 2.75) is 42.9 Å². The fourth-order valence-electron chi connectivity index (χ4n) is 3.31. The number of nitrogens with one attached hydrogen (secondary N) is 1. The van der Waals surface area contributed by atoms with Crippen molar-refractivity contribution in [1.29, 1.82) is 0 Å². The van der Waals surface area contributed by atoms with Crippen LogP contribution in [0, 0.1) is 13.8 Å². The van der Waals surface area contributed by atoms with E-state index >= 15 is 0 Å². The van der Waals surface area contributed by atoms with E-state index in [1.54, 1.807) is 18.2 Å². The first kappa shape index (κ1) is 20.7. The summed E-state index contributed by atoms with van der Waals surface area (Å²) >= 11 is 1.45. The van der Waals surface area contributed by atoms with E-state index in [2.05, 4.69) is 4.72 Å². The maximum Gasteiger partial charge on any atom is 0.261 e. The molecular weight excluding hydrogens is 392 g/mol. The second-order valence-corrected chi connectivity index (χ2v) is 9.65. The number of likely N-dealkylation sites (tertiary alicyclic amines) is 1. The van der Waals surface area contributed by atoms with E-state index in [9.17, 15) is 13.2 Å². The van der Waals surface area contributed by atoms with Crippen LogP contribution in [0.25, 0.3) is 0 Å². The van der Waals surface area contributed by atoms with Crippen LogP contribution in [-0.2, 0) is 10.0 Å². The van der Waals surface area contributed by atoms with Gasteiger partial charge in [0.05, 0.1) is 10.5 Å². The molecule has 0 bridgehead atoms. The molecule has 1 amide bonds. The van der Waals surface area contributed by atoms with Crippen LogP contribution in [0.2, 0.25) is 0 Å². The Morgan fingerprint density at radius 2 is 1.71 bits per heavy atom. The van der Waals surface area contributed by atoms with Gasteiger partial charge in [-0.3, -0.25) is 9.52 Å². The molecule has 1 N–H and O–H groups in total. The zero-order valence-electron chi connectivity index (χ0n) is 16.5. The Morgan fingerprint density at radius 3 is 2.36 bits per heavy atom. The number of hydrogen-bond acceptors (Lipinski definition) is 4. The number of piperidine rings is 1. The lowest BCUT2D eigenvalue weighted by Gasteiger charge is -2.27. The Balaban J connectivity index is 1.92. The monoisotopic (exact) mass is 418 g/mol. The van der Waals surface area contributed by atoms with Gasteiger partial charge in [-0.15, -0.1) is 11.8 Å². The van der Waals surface area contributed by atoms with Gasteiger partial charge in [0.1, 0.15) is 0 Å². The third-order valence-electron chi connectivity index (χ3n) is 5.11. The minimum absolute atomic E-state index is 0.0905. The van der Waals surface area contributed by atoms with Gasteiger partial charge in [-0.25, -0.2) is 8.42 Å². The number of carbonyl (C=O) groups is 1. The Kier molecular flexibility index (Phi) is 6.35. The topological polar surface area (TPSA) is 66.5 Å². The Morgan fingerprint density at radius 1 is 1.00 bits per heavy atom. The summed E-state index contributed by atoms with van der Waals surface area (Å²) < 4.78 is 28.4. The van der Waals surface area contributed by atoms with Gasteiger partial charge in [-0.05, 0) is 80.8 Å². The molecule has 0 radical (unpaired) electrons. The molecule has 150 valence electrons. The molecule has 1 fully saturated rings. The van der Waals surface area contributed by atoms with Gasteiger partial charge in [-0.2, -0.15) is 0 Å². The second-order valence-electron chi connectivity index (χ2n) is 7.12. The third kappa shape index (κ3) is 4.52. The Labute approximate surface area is 171 Å². The highest BCUT2D eigenvalue weighted by Crippen LogP contribution is 2.27. The lowest BCUT2D eigenvalue weighted by Crippen LogP contribution is -2.36. The number of benzene rings is 2. The summed E-state index contributed by atoms with van der Waals surface area (Å²) in [7, 11) is -3.78. The number of hydrogen-bond donors (Lipinski definition) is 1. The van der Waals surface area contributed by atoms with Gasteiger partial charge in [0.25, 0.3) is 15.9 Å². The number of amides is 1. The smallest absolute Gasteiger partial charge is 0.261 e. The highest BCUT2D eigenvalue weighted by molar-refractivity contribution is 7.98. The van der Waals surface area contributed by atoms with Crippen LogP contribution >= 0.6 is 11.8 Å². The molecule has 0 aliphatic carbocycles. The van der Waals surface area contributed by atoms with E-state index in [-0.39, 0.29) is 10.8 Å². The highest BCUT2D eigenvalue weighted by atomic mass is 32.2. The molecule has 28 heavy (non-hydrogen) atoms. The molecule has 3 rings (SSSR count). The first-order valence-corrected chi connectivity index (χ1v) is 12.1. The molecular formula is C21H26N2O3S2. The fraction of sp³-hybridized carbons (Fsp3) is 0.381. The van der Waals surface area contributed by atoms with E-state index < -0.39 is 10.0 Å². The maximum absolute atomic E-state index is 13.0. The number of sulfonamides is 1. The first-order chi connectivity index (χ1) is 13.3. The van der Waals surface area contributed by atoms with Gasteiger partial charge in [-0.1, -0.05) is 6.07 Å². The van der Waals surface area contributed by atoms with E-state index in [1.165, 1.54) is 17.8 Å². The predicted molar refractivity (Wildman–Crippen MR) is 115 cm³/mol. The minimum Gasteiger partial charge on any atom is -0.339 e. The molecule has 0 spiro atoms. The summed E-state index contributed by atoms with van der Waals surface area (Å²) in [6, 6.07) is 10.2. The lowest BCUT2D eigenvalue weighted by molar-refractivity contribution is 0.0720. The Hall–Kier alpha value is -1.99. The van der Waals surface area contributed by atoms with Crippen LogP contribution in [0.5, 0.6) is 0 Å². The molecule has 0 unspecified atom stereocenters. The van der Waals surface area contributed by atoms with Crippen molar-refractivity contribution in [3.63, 3.8) is 0 Å². The molecule has 2 aromatic rings. The average Bonchev–Trinajstić information content (AvgIpc) is 2.70. The molecule has 1 heterocycles. The molecule has 0 aromatic heterocycles. The fourth-order valence-corrected chi connectivity index (χ4v) is 4.95. The summed E-state index contributed by atoms with van der Waals surface area (Å²) in [5.41, 5.74) is 3.08. The normalized spacial score (nSPS) is 14.8. The quantitative estimate of drug-likeness (QED) is 0.729. The molecule has 1 aliphatic heterocycles. The van der Waals surface area contributed by atoms with Crippen LogP contribution in [-0.4, -0.2) is 38.6 Å². The summed E-state index contributed by atoms with van der Waals surface area (Å²) in [5.74, 6) is -0.0905. The molecule has 7 heteroatoms. The molecule has 2 aromatic carbocycles. The molecule has 0 atom stereocenters. The van der Waals surface area contributed by atoms with Gasteiger partial charge >= 0.3 is 0 Å². The van der Waals surface area contributed by atoms with Crippen molar-refractivity contribution < 1.29 is 13.2 Å². The van der Waals surface area contributed by atoms with Crippen LogP contribution in [0.3, 0.4) is 0 Å². The standard InChI is InChI=1S/C21H26N2O3S2/c1-15-7-8-17(13-16(15)2)22-28(25,26)18-9-10-20(27-3)19(14-18)21(24)23-11-5-4-6-12-23/h7-10,13-14,22H,4-6,11-12H2,1-3H3. The number of thioether (sulfide) groups is 1. The van der Waals surface area contributed by atoms with Crippen molar-refractivity contribution in [3.05, 3.63) is 53.1 Å². The van der Waals surface area contributed by atoms with Crippen molar-refractivity contribution in [1.82, 2.24) is 4.90 Å². The zero-order valence-corrected chi connectivity index (χ0v) is 18.1. The number of carbonyl (C=O) groups excluding carboxylic acids is 1. The summed E-state index contributed by atoms with van der Waals surface area (Å²) in [6.07, 6.45) is 5.01. The largest absolute Gasteiger partial charge is 0.339 e.